The molecular formula is C20H31N3O4S. The van der Waals surface area contributed by atoms with E-state index in [4.69, 9.17) is 9.47 Å². The summed E-state index contributed by atoms with van der Waals surface area (Å²) in [4.78, 5) is 6.91. The first-order chi connectivity index (χ1) is 13.5. The van der Waals surface area contributed by atoms with Crippen LogP contribution in [0, 0.1) is 0 Å². The van der Waals surface area contributed by atoms with Crippen LogP contribution in [-0.4, -0.2) is 76.6 Å². The first-order valence-corrected chi connectivity index (χ1v) is 11.7. The van der Waals surface area contributed by atoms with Crippen LogP contribution in [-0.2, 0) is 19.3 Å². The van der Waals surface area contributed by atoms with Gasteiger partial charge in [-0.1, -0.05) is 25.1 Å². The molecule has 1 aromatic carbocycles. The van der Waals surface area contributed by atoms with Gasteiger partial charge in [0.2, 0.25) is 0 Å². The van der Waals surface area contributed by atoms with E-state index >= 15 is 0 Å². The fourth-order valence-electron chi connectivity index (χ4n) is 3.72. The minimum absolute atomic E-state index is 0.0305. The van der Waals surface area contributed by atoms with Crippen LogP contribution in [0.25, 0.3) is 0 Å². The molecule has 0 aromatic heterocycles. The Labute approximate surface area is 168 Å². The molecule has 3 rings (SSSR count). The lowest BCUT2D eigenvalue weighted by Crippen LogP contribution is -2.55. The fraction of sp³-hybridized carbons (Fsp3) is 0.650. The minimum Gasteiger partial charge on any atom is -0.375 e. The summed E-state index contributed by atoms with van der Waals surface area (Å²) in [5.41, 5.74) is 0. The fourth-order valence-corrected chi connectivity index (χ4v) is 5.33. The van der Waals surface area contributed by atoms with Crippen molar-refractivity contribution >= 4 is 15.8 Å². The Bertz CT molecular complexity index is 748. The second kappa shape index (κ2) is 9.71. The first-order valence-electron chi connectivity index (χ1n) is 10.0. The molecule has 2 saturated heterocycles. The third kappa shape index (κ3) is 5.24. The molecule has 156 valence electrons. The highest BCUT2D eigenvalue weighted by atomic mass is 32.2. The molecule has 3 unspecified atom stereocenters. The van der Waals surface area contributed by atoms with Crippen molar-refractivity contribution in [3.63, 3.8) is 0 Å². The van der Waals surface area contributed by atoms with Gasteiger partial charge in [-0.25, -0.2) is 8.42 Å². The zero-order valence-corrected chi connectivity index (χ0v) is 17.5. The van der Waals surface area contributed by atoms with Gasteiger partial charge in [0.1, 0.15) is 6.10 Å². The van der Waals surface area contributed by atoms with Crippen molar-refractivity contribution in [3.05, 3.63) is 30.3 Å². The van der Waals surface area contributed by atoms with E-state index in [2.05, 4.69) is 15.2 Å². The van der Waals surface area contributed by atoms with Gasteiger partial charge >= 0.3 is 0 Å². The van der Waals surface area contributed by atoms with Crippen LogP contribution in [0.15, 0.2) is 40.2 Å². The highest BCUT2D eigenvalue weighted by Gasteiger charge is 2.33. The monoisotopic (exact) mass is 409 g/mol. The molecule has 0 aliphatic carbocycles. The number of guanidine groups is 1. The molecule has 28 heavy (non-hydrogen) atoms. The van der Waals surface area contributed by atoms with E-state index in [1.165, 1.54) is 0 Å². The van der Waals surface area contributed by atoms with Crippen LogP contribution in [0.5, 0.6) is 0 Å². The molecule has 1 N–H and O–H groups in total. The van der Waals surface area contributed by atoms with Gasteiger partial charge in [0.15, 0.2) is 15.8 Å². The van der Waals surface area contributed by atoms with Crippen LogP contribution < -0.4 is 5.32 Å². The van der Waals surface area contributed by atoms with Crippen molar-refractivity contribution in [1.29, 1.82) is 0 Å². The van der Waals surface area contributed by atoms with Crippen molar-refractivity contribution in [2.24, 2.45) is 4.99 Å². The average Bonchev–Trinajstić information content (AvgIpc) is 3.26. The molecule has 2 heterocycles. The quantitative estimate of drug-likeness (QED) is 0.569. The largest absolute Gasteiger partial charge is 0.375 e. The predicted molar refractivity (Wildman–Crippen MR) is 109 cm³/mol. The van der Waals surface area contributed by atoms with Crippen molar-refractivity contribution in [3.8, 4) is 0 Å². The van der Waals surface area contributed by atoms with E-state index in [1.807, 2.05) is 13.0 Å². The number of rotatable bonds is 6. The number of hydrogen-bond acceptors (Lipinski definition) is 5. The molecular weight excluding hydrogens is 378 g/mol. The summed E-state index contributed by atoms with van der Waals surface area (Å²) in [5.74, 6) is 0.757. The molecule has 0 bridgehead atoms. The van der Waals surface area contributed by atoms with Gasteiger partial charge in [-0.15, -0.1) is 0 Å². The summed E-state index contributed by atoms with van der Waals surface area (Å²) in [5, 5.41) is 3.36. The van der Waals surface area contributed by atoms with Gasteiger partial charge in [0.25, 0.3) is 0 Å². The van der Waals surface area contributed by atoms with Gasteiger partial charge in [-0.05, 0) is 31.4 Å². The Morgan fingerprint density at radius 1 is 1.25 bits per heavy atom. The third-order valence-corrected chi connectivity index (χ3v) is 7.16. The number of nitrogens with one attached hydrogen (secondary N) is 1. The number of ether oxygens (including phenoxy) is 2. The number of aliphatic imine (C=N–C) groups is 1. The zero-order chi connectivity index (χ0) is 20.0. The van der Waals surface area contributed by atoms with Crippen molar-refractivity contribution in [2.75, 3.05) is 39.1 Å². The molecule has 0 amide bonds. The Morgan fingerprint density at radius 2 is 2.00 bits per heavy atom. The summed E-state index contributed by atoms with van der Waals surface area (Å²) >= 11 is 0. The number of benzene rings is 1. The summed E-state index contributed by atoms with van der Waals surface area (Å²) in [6, 6.07) is 8.39. The lowest BCUT2D eigenvalue weighted by atomic mass is 10.1. The SMILES string of the molecule is CCC(CS(=O)(=O)c1ccccc1)NC(=NC)N1CCOC(C2CCCO2)C1. The number of sulfone groups is 1. The van der Waals surface area contributed by atoms with Crippen molar-refractivity contribution in [2.45, 2.75) is 49.3 Å². The Balaban J connectivity index is 1.63. The maximum Gasteiger partial charge on any atom is 0.194 e. The minimum atomic E-state index is -3.36. The second-order valence-corrected chi connectivity index (χ2v) is 9.33. The number of morpholine rings is 1. The van der Waals surface area contributed by atoms with Gasteiger partial charge in [-0.2, -0.15) is 0 Å². The van der Waals surface area contributed by atoms with E-state index in [0.29, 0.717) is 24.5 Å². The Kier molecular flexibility index (Phi) is 7.31. The van der Waals surface area contributed by atoms with Crippen LogP contribution >= 0.6 is 0 Å². The standard InChI is InChI=1S/C20H31N3O4S/c1-3-16(15-28(24,25)17-8-5-4-6-9-17)22-20(21-2)23-11-13-27-19(14-23)18-10-7-12-26-18/h4-6,8-9,16,18-19H,3,7,10-15H2,1-2H3,(H,21,22). The maximum atomic E-state index is 12.7. The Hall–Kier alpha value is -1.64. The normalized spacial score (nSPS) is 24.9. The summed E-state index contributed by atoms with van der Waals surface area (Å²) < 4.78 is 37.2. The third-order valence-electron chi connectivity index (χ3n) is 5.33. The van der Waals surface area contributed by atoms with Crippen molar-refractivity contribution < 1.29 is 17.9 Å². The summed E-state index contributed by atoms with van der Waals surface area (Å²) in [6.07, 6.45) is 2.96. The van der Waals surface area contributed by atoms with Gasteiger partial charge in [-0.3, -0.25) is 4.99 Å². The topological polar surface area (TPSA) is 80.2 Å². The number of hydrogen-bond donors (Lipinski definition) is 1. The molecule has 0 spiro atoms. The molecule has 2 aliphatic heterocycles. The molecule has 7 nitrogen and oxygen atoms in total. The average molecular weight is 410 g/mol. The first kappa shape index (κ1) is 21.1. The second-order valence-electron chi connectivity index (χ2n) is 7.30. The molecule has 1 aromatic rings. The van der Waals surface area contributed by atoms with Gasteiger partial charge in [0, 0.05) is 32.8 Å². The highest BCUT2D eigenvalue weighted by molar-refractivity contribution is 7.91. The van der Waals surface area contributed by atoms with E-state index in [-0.39, 0.29) is 24.0 Å². The van der Waals surface area contributed by atoms with Crippen LogP contribution in [0.1, 0.15) is 26.2 Å². The summed E-state index contributed by atoms with van der Waals surface area (Å²) in [7, 11) is -1.63. The molecule has 0 saturated carbocycles. The number of nitrogens with zero attached hydrogens (tertiary/aromatic N) is 2. The highest BCUT2D eigenvalue weighted by Crippen LogP contribution is 2.21. The lowest BCUT2D eigenvalue weighted by molar-refractivity contribution is -0.0817. The lowest BCUT2D eigenvalue weighted by Gasteiger charge is -2.38. The molecule has 2 fully saturated rings. The van der Waals surface area contributed by atoms with Gasteiger partial charge < -0.3 is 19.7 Å². The summed E-state index contributed by atoms with van der Waals surface area (Å²) in [6.45, 7) is 4.83. The van der Waals surface area contributed by atoms with Crippen LogP contribution in [0.4, 0.5) is 0 Å². The van der Waals surface area contributed by atoms with Crippen LogP contribution in [0.2, 0.25) is 0 Å². The predicted octanol–water partition coefficient (Wildman–Crippen LogP) is 1.69. The molecule has 8 heteroatoms. The molecule has 3 atom stereocenters. The smallest absolute Gasteiger partial charge is 0.194 e. The van der Waals surface area contributed by atoms with Gasteiger partial charge in [0.05, 0.1) is 23.4 Å². The van der Waals surface area contributed by atoms with E-state index < -0.39 is 9.84 Å². The van der Waals surface area contributed by atoms with Crippen LogP contribution in [0.3, 0.4) is 0 Å². The van der Waals surface area contributed by atoms with E-state index in [1.54, 1.807) is 31.3 Å². The van der Waals surface area contributed by atoms with E-state index in [0.717, 1.165) is 32.0 Å². The molecule has 0 radical (unpaired) electrons. The maximum absolute atomic E-state index is 12.7. The van der Waals surface area contributed by atoms with E-state index in [9.17, 15) is 8.42 Å². The zero-order valence-electron chi connectivity index (χ0n) is 16.7. The van der Waals surface area contributed by atoms with Crippen molar-refractivity contribution in [1.82, 2.24) is 10.2 Å². The molecule has 2 aliphatic rings. The Morgan fingerprint density at radius 3 is 2.64 bits per heavy atom.